The van der Waals surface area contributed by atoms with Crippen molar-refractivity contribution in [3.63, 3.8) is 0 Å². The third kappa shape index (κ3) is 8.44. The highest BCUT2D eigenvalue weighted by Crippen LogP contribution is 2.23. The Kier molecular flexibility index (Phi) is 7.71. The van der Waals surface area contributed by atoms with Crippen molar-refractivity contribution < 1.29 is 9.47 Å². The molecule has 0 heterocycles. The standard InChI is InChI=1S/C17H28BrNO2/c1-13(2)11-19-12-14-10-15(18)6-7-16(14)20-8-9-21-17(3,4)5/h6-7,10,13,19H,8-9,11-12H2,1-5H3. The summed E-state index contributed by atoms with van der Waals surface area (Å²) in [4.78, 5) is 0. The molecule has 1 N–H and O–H groups in total. The highest BCUT2D eigenvalue weighted by molar-refractivity contribution is 9.10. The zero-order valence-corrected chi connectivity index (χ0v) is 15.4. The van der Waals surface area contributed by atoms with Crippen LogP contribution < -0.4 is 10.1 Å². The average Bonchev–Trinajstić information content (AvgIpc) is 2.35. The van der Waals surface area contributed by atoms with Crippen molar-refractivity contribution in [2.75, 3.05) is 19.8 Å². The van der Waals surface area contributed by atoms with Gasteiger partial charge in [0.1, 0.15) is 12.4 Å². The Hall–Kier alpha value is -0.580. The Balaban J connectivity index is 2.52. The predicted octanol–water partition coefficient (Wildman–Crippen LogP) is 4.39. The lowest BCUT2D eigenvalue weighted by Gasteiger charge is -2.20. The third-order valence-corrected chi connectivity index (χ3v) is 3.26. The summed E-state index contributed by atoms with van der Waals surface area (Å²) >= 11 is 3.52. The van der Waals surface area contributed by atoms with Gasteiger partial charge in [-0.2, -0.15) is 0 Å². The van der Waals surface area contributed by atoms with Gasteiger partial charge in [0, 0.05) is 16.6 Å². The van der Waals surface area contributed by atoms with Crippen LogP contribution in [0.4, 0.5) is 0 Å². The largest absolute Gasteiger partial charge is 0.491 e. The minimum Gasteiger partial charge on any atom is -0.491 e. The van der Waals surface area contributed by atoms with E-state index in [1.165, 1.54) is 5.56 Å². The number of halogens is 1. The molecule has 0 aliphatic rings. The van der Waals surface area contributed by atoms with Gasteiger partial charge in [-0.05, 0) is 51.4 Å². The number of ether oxygens (including phenoxy) is 2. The second-order valence-corrected chi connectivity index (χ2v) is 7.50. The summed E-state index contributed by atoms with van der Waals surface area (Å²) in [6.07, 6.45) is 0. The molecule has 0 radical (unpaired) electrons. The van der Waals surface area contributed by atoms with Crippen LogP contribution >= 0.6 is 15.9 Å². The van der Waals surface area contributed by atoms with Crippen molar-refractivity contribution >= 4 is 15.9 Å². The van der Waals surface area contributed by atoms with Crippen molar-refractivity contribution in [3.05, 3.63) is 28.2 Å². The molecule has 0 bridgehead atoms. The molecule has 0 spiro atoms. The fourth-order valence-corrected chi connectivity index (χ4v) is 2.23. The molecule has 1 rings (SSSR count). The zero-order valence-electron chi connectivity index (χ0n) is 13.8. The summed E-state index contributed by atoms with van der Waals surface area (Å²) in [5, 5.41) is 3.45. The van der Waals surface area contributed by atoms with Gasteiger partial charge < -0.3 is 14.8 Å². The summed E-state index contributed by atoms with van der Waals surface area (Å²) in [7, 11) is 0. The quantitative estimate of drug-likeness (QED) is 0.699. The van der Waals surface area contributed by atoms with E-state index in [1.54, 1.807) is 0 Å². The van der Waals surface area contributed by atoms with Crippen molar-refractivity contribution in [2.45, 2.75) is 46.8 Å². The summed E-state index contributed by atoms with van der Waals surface area (Å²) in [5.41, 5.74) is 1.05. The van der Waals surface area contributed by atoms with Gasteiger partial charge in [-0.1, -0.05) is 29.8 Å². The van der Waals surface area contributed by atoms with Crippen molar-refractivity contribution in [1.29, 1.82) is 0 Å². The number of nitrogens with one attached hydrogen (secondary N) is 1. The SMILES string of the molecule is CC(C)CNCc1cc(Br)ccc1OCCOC(C)(C)C. The molecule has 1 aromatic carbocycles. The molecule has 0 saturated carbocycles. The van der Waals surface area contributed by atoms with Gasteiger partial charge in [0.2, 0.25) is 0 Å². The second-order valence-electron chi connectivity index (χ2n) is 6.59. The van der Waals surface area contributed by atoms with Crippen LogP contribution in [0, 0.1) is 5.92 Å². The molecule has 0 saturated heterocycles. The topological polar surface area (TPSA) is 30.5 Å². The third-order valence-electron chi connectivity index (χ3n) is 2.77. The average molecular weight is 358 g/mol. The Morgan fingerprint density at radius 1 is 1.19 bits per heavy atom. The normalized spacial score (nSPS) is 12.0. The molecule has 21 heavy (non-hydrogen) atoms. The molecule has 120 valence electrons. The van der Waals surface area contributed by atoms with E-state index >= 15 is 0 Å². The van der Waals surface area contributed by atoms with Gasteiger partial charge in [-0.15, -0.1) is 0 Å². The number of benzene rings is 1. The van der Waals surface area contributed by atoms with Gasteiger partial charge in [-0.3, -0.25) is 0 Å². The second kappa shape index (κ2) is 8.76. The van der Waals surface area contributed by atoms with Gasteiger partial charge in [0.15, 0.2) is 0 Å². The van der Waals surface area contributed by atoms with Crippen LogP contribution in [0.2, 0.25) is 0 Å². The molecule has 0 fully saturated rings. The van der Waals surface area contributed by atoms with Crippen molar-refractivity contribution in [1.82, 2.24) is 5.32 Å². The predicted molar refractivity (Wildman–Crippen MR) is 91.9 cm³/mol. The maximum atomic E-state index is 5.86. The van der Waals surface area contributed by atoms with Crippen LogP contribution in [0.3, 0.4) is 0 Å². The summed E-state index contributed by atoms with van der Waals surface area (Å²) in [6.45, 7) is 13.5. The molecular formula is C17H28BrNO2. The van der Waals surface area contributed by atoms with Crippen LogP contribution in [-0.2, 0) is 11.3 Å². The zero-order chi connectivity index (χ0) is 15.9. The smallest absolute Gasteiger partial charge is 0.123 e. The van der Waals surface area contributed by atoms with Gasteiger partial charge in [0.05, 0.1) is 12.2 Å². The molecule has 0 aromatic heterocycles. The van der Waals surface area contributed by atoms with E-state index in [4.69, 9.17) is 9.47 Å². The monoisotopic (exact) mass is 357 g/mol. The maximum absolute atomic E-state index is 5.86. The number of hydrogen-bond donors (Lipinski definition) is 1. The maximum Gasteiger partial charge on any atom is 0.123 e. The van der Waals surface area contributed by atoms with Crippen LogP contribution in [-0.4, -0.2) is 25.4 Å². The fraction of sp³-hybridized carbons (Fsp3) is 0.647. The van der Waals surface area contributed by atoms with Gasteiger partial charge in [-0.25, -0.2) is 0 Å². The molecular weight excluding hydrogens is 330 g/mol. The first-order valence-electron chi connectivity index (χ1n) is 7.54. The Bertz CT molecular complexity index is 427. The minimum atomic E-state index is -0.120. The number of hydrogen-bond acceptors (Lipinski definition) is 3. The van der Waals surface area contributed by atoms with Crippen molar-refractivity contribution in [3.8, 4) is 5.75 Å². The number of rotatable bonds is 8. The van der Waals surface area contributed by atoms with E-state index in [0.717, 1.165) is 23.3 Å². The van der Waals surface area contributed by atoms with Crippen molar-refractivity contribution in [2.24, 2.45) is 5.92 Å². The van der Waals surface area contributed by atoms with E-state index in [-0.39, 0.29) is 5.60 Å². The van der Waals surface area contributed by atoms with E-state index in [1.807, 2.05) is 32.9 Å². The summed E-state index contributed by atoms with van der Waals surface area (Å²) < 4.78 is 12.6. The lowest BCUT2D eigenvalue weighted by molar-refractivity contribution is -0.0164. The first kappa shape index (κ1) is 18.5. The van der Waals surface area contributed by atoms with Crippen LogP contribution in [0.25, 0.3) is 0 Å². The van der Waals surface area contributed by atoms with Crippen LogP contribution in [0.5, 0.6) is 5.75 Å². The van der Waals surface area contributed by atoms with Crippen LogP contribution in [0.1, 0.15) is 40.2 Å². The first-order chi connectivity index (χ1) is 9.78. The Labute approximate surface area is 137 Å². The lowest BCUT2D eigenvalue weighted by atomic mass is 10.2. The lowest BCUT2D eigenvalue weighted by Crippen LogP contribution is -2.23. The molecule has 3 nitrogen and oxygen atoms in total. The minimum absolute atomic E-state index is 0.120. The Morgan fingerprint density at radius 3 is 2.52 bits per heavy atom. The fourth-order valence-electron chi connectivity index (χ4n) is 1.82. The highest BCUT2D eigenvalue weighted by atomic mass is 79.9. The van der Waals surface area contributed by atoms with E-state index in [2.05, 4.69) is 41.2 Å². The summed E-state index contributed by atoms with van der Waals surface area (Å²) in [5.74, 6) is 1.56. The molecule has 0 aliphatic carbocycles. The van der Waals surface area contributed by atoms with E-state index in [9.17, 15) is 0 Å². The van der Waals surface area contributed by atoms with Gasteiger partial charge in [0.25, 0.3) is 0 Å². The molecule has 4 heteroatoms. The molecule has 1 aromatic rings. The molecule has 0 unspecified atom stereocenters. The van der Waals surface area contributed by atoms with E-state index < -0.39 is 0 Å². The summed E-state index contributed by atoms with van der Waals surface area (Å²) in [6, 6.07) is 6.12. The first-order valence-corrected chi connectivity index (χ1v) is 8.33. The van der Waals surface area contributed by atoms with E-state index in [0.29, 0.717) is 19.1 Å². The highest BCUT2D eigenvalue weighted by Gasteiger charge is 2.10. The molecule has 0 aliphatic heterocycles. The molecule has 0 atom stereocenters. The Morgan fingerprint density at radius 2 is 1.90 bits per heavy atom. The van der Waals surface area contributed by atoms with Gasteiger partial charge >= 0.3 is 0 Å². The van der Waals surface area contributed by atoms with Crippen LogP contribution in [0.15, 0.2) is 22.7 Å². The molecule has 0 amide bonds.